The number of rotatable bonds is 3. The summed E-state index contributed by atoms with van der Waals surface area (Å²) in [5.74, 6) is 0.228. The number of nitrogens with zero attached hydrogens (tertiary/aromatic N) is 2. The molecule has 5 heteroatoms. The molecule has 1 saturated heterocycles. The van der Waals surface area contributed by atoms with Gasteiger partial charge in [0, 0.05) is 42.9 Å². The second kappa shape index (κ2) is 5.30. The van der Waals surface area contributed by atoms with Crippen molar-refractivity contribution in [3.8, 4) is 6.07 Å². The van der Waals surface area contributed by atoms with E-state index in [1.54, 1.807) is 16.2 Å². The number of piperidine rings is 1. The summed E-state index contributed by atoms with van der Waals surface area (Å²) < 4.78 is 0. The molecular weight excluding hydrogens is 234 g/mol. The molecule has 0 saturated carbocycles. The molecule has 4 nitrogen and oxygen atoms in total. The molecule has 1 amide bonds. The van der Waals surface area contributed by atoms with Crippen molar-refractivity contribution in [2.75, 3.05) is 13.6 Å². The summed E-state index contributed by atoms with van der Waals surface area (Å²) in [5.41, 5.74) is 0.725. The summed E-state index contributed by atoms with van der Waals surface area (Å²) >= 11 is 1.60. The third-order valence-corrected chi connectivity index (χ3v) is 3.91. The van der Waals surface area contributed by atoms with Gasteiger partial charge in [0.05, 0.1) is 5.56 Å². The number of amides is 1. The molecule has 1 atom stereocenters. The monoisotopic (exact) mass is 249 g/mol. The predicted octanol–water partition coefficient (Wildman–Crippen LogP) is 1.33. The molecule has 1 aliphatic heterocycles. The van der Waals surface area contributed by atoms with Gasteiger partial charge in [0.2, 0.25) is 5.91 Å². The Hall–Kier alpha value is -1.38. The van der Waals surface area contributed by atoms with Gasteiger partial charge in [0.15, 0.2) is 0 Å². The minimum atomic E-state index is 0.228. The van der Waals surface area contributed by atoms with Crippen LogP contribution < -0.4 is 5.32 Å². The third kappa shape index (κ3) is 3.05. The smallest absolute Gasteiger partial charge is 0.222 e. The van der Waals surface area contributed by atoms with Crippen LogP contribution in [0.4, 0.5) is 0 Å². The Balaban J connectivity index is 1.82. The van der Waals surface area contributed by atoms with Crippen molar-refractivity contribution in [1.82, 2.24) is 10.2 Å². The average molecular weight is 249 g/mol. The molecule has 17 heavy (non-hydrogen) atoms. The standard InChI is InChI=1S/C12H15N3OS/c1-15-7-10(2-3-12(15)16)14-6-11-4-9(5-13)8-17-11/h4,8,10,14H,2-3,6-7H2,1H3. The van der Waals surface area contributed by atoms with Crippen LogP contribution in [0.3, 0.4) is 0 Å². The lowest BCUT2D eigenvalue weighted by atomic mass is 10.1. The van der Waals surface area contributed by atoms with Crippen LogP contribution in [0, 0.1) is 11.3 Å². The van der Waals surface area contributed by atoms with Crippen molar-refractivity contribution in [3.63, 3.8) is 0 Å². The van der Waals surface area contributed by atoms with Gasteiger partial charge in [-0.05, 0) is 12.5 Å². The summed E-state index contributed by atoms with van der Waals surface area (Å²) in [4.78, 5) is 14.3. The molecule has 1 N–H and O–H groups in total. The van der Waals surface area contributed by atoms with Gasteiger partial charge in [-0.15, -0.1) is 11.3 Å². The topological polar surface area (TPSA) is 56.1 Å². The van der Waals surface area contributed by atoms with Crippen molar-refractivity contribution >= 4 is 17.2 Å². The maximum atomic E-state index is 11.3. The zero-order chi connectivity index (χ0) is 12.3. The third-order valence-electron chi connectivity index (χ3n) is 2.97. The van der Waals surface area contributed by atoms with Crippen LogP contribution in [-0.4, -0.2) is 30.4 Å². The Kier molecular flexibility index (Phi) is 3.77. The number of nitrogens with one attached hydrogen (secondary N) is 1. The molecule has 1 aromatic heterocycles. The number of thiophene rings is 1. The summed E-state index contributed by atoms with van der Waals surface area (Å²) in [7, 11) is 1.84. The molecular formula is C12H15N3OS. The lowest BCUT2D eigenvalue weighted by Crippen LogP contribution is -2.46. The quantitative estimate of drug-likeness (QED) is 0.879. The molecule has 1 aliphatic rings. The van der Waals surface area contributed by atoms with E-state index >= 15 is 0 Å². The Morgan fingerprint density at radius 3 is 3.18 bits per heavy atom. The number of likely N-dealkylation sites (N-methyl/N-ethyl adjacent to an activating group) is 1. The molecule has 0 aromatic carbocycles. The Morgan fingerprint density at radius 1 is 1.71 bits per heavy atom. The summed E-state index contributed by atoms with van der Waals surface area (Å²) in [6, 6.07) is 4.41. The fourth-order valence-electron chi connectivity index (χ4n) is 1.96. The van der Waals surface area contributed by atoms with Gasteiger partial charge in [-0.3, -0.25) is 4.79 Å². The zero-order valence-corrected chi connectivity index (χ0v) is 10.6. The SMILES string of the molecule is CN1CC(NCc2cc(C#N)cs2)CCC1=O. The molecule has 2 rings (SSSR count). The molecule has 0 aliphatic carbocycles. The predicted molar refractivity (Wildman–Crippen MR) is 66.5 cm³/mol. The minimum absolute atomic E-state index is 0.228. The molecule has 90 valence electrons. The first-order valence-corrected chi connectivity index (χ1v) is 6.52. The summed E-state index contributed by atoms with van der Waals surface area (Å²) in [6.07, 6.45) is 1.53. The van der Waals surface area contributed by atoms with Gasteiger partial charge < -0.3 is 10.2 Å². The van der Waals surface area contributed by atoms with Gasteiger partial charge in [-0.1, -0.05) is 0 Å². The van der Waals surface area contributed by atoms with Crippen molar-refractivity contribution in [3.05, 3.63) is 21.9 Å². The molecule has 1 aromatic rings. The van der Waals surface area contributed by atoms with Crippen LogP contribution in [-0.2, 0) is 11.3 Å². The van der Waals surface area contributed by atoms with Crippen LogP contribution in [0.15, 0.2) is 11.4 Å². The lowest BCUT2D eigenvalue weighted by molar-refractivity contribution is -0.132. The van der Waals surface area contributed by atoms with Crippen LogP contribution in [0.5, 0.6) is 0 Å². The van der Waals surface area contributed by atoms with Crippen molar-refractivity contribution < 1.29 is 4.79 Å². The maximum absolute atomic E-state index is 11.3. The van der Waals surface area contributed by atoms with E-state index in [0.29, 0.717) is 12.5 Å². The van der Waals surface area contributed by atoms with Crippen molar-refractivity contribution in [2.45, 2.75) is 25.4 Å². The number of carbonyl (C=O) groups is 1. The molecule has 0 spiro atoms. The van der Waals surface area contributed by atoms with Crippen LogP contribution in [0.2, 0.25) is 0 Å². The van der Waals surface area contributed by atoms with Gasteiger partial charge in [0.25, 0.3) is 0 Å². The van der Waals surface area contributed by atoms with E-state index in [1.165, 1.54) is 4.88 Å². The highest BCUT2D eigenvalue weighted by molar-refractivity contribution is 7.10. The van der Waals surface area contributed by atoms with Gasteiger partial charge >= 0.3 is 0 Å². The van der Waals surface area contributed by atoms with Crippen molar-refractivity contribution in [1.29, 1.82) is 5.26 Å². The largest absolute Gasteiger partial charge is 0.344 e. The van der Waals surface area contributed by atoms with Gasteiger partial charge in [-0.25, -0.2) is 0 Å². The van der Waals surface area contributed by atoms with E-state index in [2.05, 4.69) is 11.4 Å². The average Bonchev–Trinajstić information content (AvgIpc) is 2.79. The Morgan fingerprint density at radius 2 is 2.53 bits per heavy atom. The first kappa shape index (κ1) is 12.1. The Labute approximate surface area is 105 Å². The highest BCUT2D eigenvalue weighted by Crippen LogP contribution is 2.15. The summed E-state index contributed by atoms with van der Waals surface area (Å²) in [5, 5.41) is 14.0. The number of hydrogen-bond donors (Lipinski definition) is 1. The molecule has 0 radical (unpaired) electrons. The van der Waals surface area contributed by atoms with Crippen LogP contribution >= 0.6 is 11.3 Å². The normalized spacial score (nSPS) is 20.4. The van der Waals surface area contributed by atoms with Crippen LogP contribution in [0.25, 0.3) is 0 Å². The highest BCUT2D eigenvalue weighted by Gasteiger charge is 2.22. The second-order valence-corrected chi connectivity index (χ2v) is 5.30. The van der Waals surface area contributed by atoms with Gasteiger partial charge in [-0.2, -0.15) is 5.26 Å². The first-order valence-electron chi connectivity index (χ1n) is 5.64. The zero-order valence-electron chi connectivity index (χ0n) is 9.77. The molecule has 2 heterocycles. The number of hydrogen-bond acceptors (Lipinski definition) is 4. The van der Waals surface area contributed by atoms with Gasteiger partial charge in [0.1, 0.15) is 6.07 Å². The fraction of sp³-hybridized carbons (Fsp3) is 0.500. The van der Waals surface area contributed by atoms with E-state index < -0.39 is 0 Å². The lowest BCUT2D eigenvalue weighted by Gasteiger charge is -2.30. The number of carbonyl (C=O) groups excluding carboxylic acids is 1. The summed E-state index contributed by atoms with van der Waals surface area (Å²) in [6.45, 7) is 1.55. The molecule has 1 unspecified atom stereocenters. The van der Waals surface area contributed by atoms with E-state index in [-0.39, 0.29) is 5.91 Å². The Bertz CT molecular complexity index is 449. The second-order valence-electron chi connectivity index (χ2n) is 4.30. The minimum Gasteiger partial charge on any atom is -0.344 e. The van der Waals surface area contributed by atoms with Crippen molar-refractivity contribution in [2.24, 2.45) is 0 Å². The van der Waals surface area contributed by atoms with E-state index in [4.69, 9.17) is 5.26 Å². The van der Waals surface area contributed by atoms with E-state index in [9.17, 15) is 4.79 Å². The van der Waals surface area contributed by atoms with Crippen LogP contribution in [0.1, 0.15) is 23.3 Å². The highest BCUT2D eigenvalue weighted by atomic mass is 32.1. The number of likely N-dealkylation sites (tertiary alicyclic amines) is 1. The maximum Gasteiger partial charge on any atom is 0.222 e. The number of nitriles is 1. The van der Waals surface area contributed by atoms with E-state index in [0.717, 1.165) is 25.1 Å². The fourth-order valence-corrected chi connectivity index (χ4v) is 2.72. The molecule has 0 bridgehead atoms. The first-order chi connectivity index (χ1) is 8.19. The van der Waals surface area contributed by atoms with E-state index in [1.807, 2.05) is 18.5 Å². The molecule has 1 fully saturated rings.